The van der Waals surface area contributed by atoms with Crippen LogP contribution >= 0.6 is 0 Å². The molecule has 4 amide bonds. The van der Waals surface area contributed by atoms with Crippen LogP contribution in [0, 0.1) is 5.41 Å². The van der Waals surface area contributed by atoms with Crippen molar-refractivity contribution in [3.63, 3.8) is 0 Å². The Morgan fingerprint density at radius 3 is 2.25 bits per heavy atom. The Labute approximate surface area is 94.3 Å². The molecule has 0 unspecified atom stereocenters. The summed E-state index contributed by atoms with van der Waals surface area (Å²) in [5.41, 5.74) is -1.28. The Kier molecular flexibility index (Phi) is 3.82. The van der Waals surface area contributed by atoms with Crippen molar-refractivity contribution in [3.05, 3.63) is 12.2 Å². The maximum atomic E-state index is 11.6. The molecule has 0 saturated carbocycles. The molecular weight excluding hydrogens is 208 g/mol. The summed E-state index contributed by atoms with van der Waals surface area (Å²) in [6, 6.07) is -0.755. The zero-order valence-corrected chi connectivity index (χ0v) is 9.50. The summed E-state index contributed by atoms with van der Waals surface area (Å²) >= 11 is 0. The molecule has 2 N–H and O–H groups in total. The number of allylic oxidation sites excluding steroid dienone is 1. The van der Waals surface area contributed by atoms with Gasteiger partial charge in [0.05, 0.1) is 0 Å². The van der Waals surface area contributed by atoms with Crippen molar-refractivity contribution < 1.29 is 14.4 Å². The van der Waals surface area contributed by atoms with Crippen LogP contribution in [0.1, 0.15) is 33.1 Å². The molecule has 1 aliphatic rings. The van der Waals surface area contributed by atoms with Gasteiger partial charge in [-0.05, 0) is 13.3 Å². The predicted octanol–water partition coefficient (Wildman–Crippen LogP) is 1.11. The molecule has 0 aromatic carbocycles. The summed E-state index contributed by atoms with van der Waals surface area (Å²) in [5, 5.41) is 4.16. The average Bonchev–Trinajstić information content (AvgIpc) is 2.21. The minimum Gasteiger partial charge on any atom is -0.277 e. The van der Waals surface area contributed by atoms with E-state index < -0.39 is 23.3 Å². The van der Waals surface area contributed by atoms with Crippen molar-refractivity contribution in [2.45, 2.75) is 33.1 Å². The van der Waals surface area contributed by atoms with Crippen LogP contribution in [0.5, 0.6) is 0 Å². The first-order valence-electron chi connectivity index (χ1n) is 5.35. The molecule has 1 rings (SSSR count). The molecule has 88 valence electrons. The smallest absolute Gasteiger partial charge is 0.277 e. The summed E-state index contributed by atoms with van der Waals surface area (Å²) in [5.74, 6) is -1.15. The fourth-order valence-corrected chi connectivity index (χ4v) is 1.39. The third kappa shape index (κ3) is 2.48. The van der Waals surface area contributed by atoms with Crippen molar-refractivity contribution >= 4 is 17.8 Å². The summed E-state index contributed by atoms with van der Waals surface area (Å²) in [6.07, 6.45) is 6.24. The molecule has 5 heteroatoms. The number of nitrogens with one attached hydrogen (secondary N) is 2. The minimum atomic E-state index is -1.28. The van der Waals surface area contributed by atoms with E-state index in [1.165, 1.54) is 6.92 Å². The van der Waals surface area contributed by atoms with Crippen LogP contribution in [0.25, 0.3) is 0 Å². The maximum Gasteiger partial charge on any atom is 0.328 e. The fraction of sp³-hybridized carbons (Fsp3) is 0.545. The lowest BCUT2D eigenvalue weighted by Crippen LogP contribution is -2.60. The van der Waals surface area contributed by atoms with Crippen molar-refractivity contribution in [2.75, 3.05) is 0 Å². The number of urea groups is 1. The predicted molar refractivity (Wildman–Crippen MR) is 58.5 cm³/mol. The first-order chi connectivity index (χ1) is 7.50. The average molecular weight is 224 g/mol. The molecule has 0 radical (unpaired) electrons. The van der Waals surface area contributed by atoms with E-state index in [0.717, 1.165) is 19.3 Å². The van der Waals surface area contributed by atoms with Crippen molar-refractivity contribution in [2.24, 2.45) is 5.41 Å². The number of rotatable bonds is 4. The molecule has 0 spiro atoms. The highest BCUT2D eigenvalue weighted by Crippen LogP contribution is 2.22. The second-order valence-electron chi connectivity index (χ2n) is 3.98. The molecule has 1 saturated heterocycles. The number of hydrogen-bond acceptors (Lipinski definition) is 3. The van der Waals surface area contributed by atoms with Crippen LogP contribution in [0.4, 0.5) is 4.79 Å². The third-order valence-electron chi connectivity index (χ3n) is 2.57. The van der Waals surface area contributed by atoms with Crippen molar-refractivity contribution in [3.8, 4) is 0 Å². The van der Waals surface area contributed by atoms with Gasteiger partial charge >= 0.3 is 6.03 Å². The molecule has 1 fully saturated rings. The van der Waals surface area contributed by atoms with Gasteiger partial charge in [-0.2, -0.15) is 0 Å². The van der Waals surface area contributed by atoms with Gasteiger partial charge in [-0.1, -0.05) is 31.9 Å². The number of amides is 4. The Hall–Kier alpha value is -1.65. The molecule has 1 aliphatic heterocycles. The second kappa shape index (κ2) is 4.92. The van der Waals surface area contributed by atoms with Gasteiger partial charge in [0.15, 0.2) is 0 Å². The Morgan fingerprint density at radius 2 is 1.75 bits per heavy atom. The normalized spacial score (nSPS) is 19.8. The monoisotopic (exact) mass is 224 g/mol. The standard InChI is InChI=1S/C11H16N2O3/c1-3-4-5-6-7-11(2)8(14)12-10(16)13-9(11)15/h6-7H,3-5H2,1-2H3,(H2,12,13,14,15,16)/b7-6+. The topological polar surface area (TPSA) is 75.3 Å². The molecule has 5 nitrogen and oxygen atoms in total. The van der Waals surface area contributed by atoms with Crippen LogP contribution in [-0.4, -0.2) is 17.8 Å². The van der Waals surface area contributed by atoms with E-state index in [2.05, 4.69) is 17.6 Å². The number of unbranched alkanes of at least 4 members (excludes halogenated alkanes) is 2. The van der Waals surface area contributed by atoms with Crippen molar-refractivity contribution in [1.29, 1.82) is 0 Å². The molecule has 0 aromatic heterocycles. The van der Waals surface area contributed by atoms with Gasteiger partial charge in [0.1, 0.15) is 5.41 Å². The number of imide groups is 2. The Balaban J connectivity index is 2.74. The summed E-state index contributed by atoms with van der Waals surface area (Å²) in [7, 11) is 0. The highest BCUT2D eigenvalue weighted by Gasteiger charge is 2.43. The van der Waals surface area contributed by atoms with E-state index in [0.29, 0.717) is 0 Å². The van der Waals surface area contributed by atoms with Gasteiger partial charge in [-0.25, -0.2) is 4.79 Å². The molecule has 0 aromatic rings. The van der Waals surface area contributed by atoms with Crippen LogP contribution in [-0.2, 0) is 9.59 Å². The van der Waals surface area contributed by atoms with Gasteiger partial charge in [0.2, 0.25) is 11.8 Å². The lowest BCUT2D eigenvalue weighted by Gasteiger charge is -2.27. The van der Waals surface area contributed by atoms with E-state index in [4.69, 9.17) is 0 Å². The Morgan fingerprint density at radius 1 is 1.19 bits per heavy atom. The first-order valence-corrected chi connectivity index (χ1v) is 5.35. The lowest BCUT2D eigenvalue weighted by molar-refractivity contribution is -0.139. The van der Waals surface area contributed by atoms with Crippen LogP contribution < -0.4 is 10.6 Å². The van der Waals surface area contributed by atoms with Crippen LogP contribution in [0.15, 0.2) is 12.2 Å². The van der Waals surface area contributed by atoms with Gasteiger partial charge in [-0.3, -0.25) is 20.2 Å². The summed E-state index contributed by atoms with van der Waals surface area (Å²) in [4.78, 5) is 34.0. The quantitative estimate of drug-likeness (QED) is 0.426. The Bertz CT molecular complexity index is 327. The van der Waals surface area contributed by atoms with Gasteiger partial charge < -0.3 is 0 Å². The summed E-state index contributed by atoms with van der Waals surface area (Å²) < 4.78 is 0. The van der Waals surface area contributed by atoms with Crippen molar-refractivity contribution in [1.82, 2.24) is 10.6 Å². The zero-order valence-electron chi connectivity index (χ0n) is 9.50. The van der Waals surface area contributed by atoms with Gasteiger partial charge in [0.25, 0.3) is 0 Å². The van der Waals surface area contributed by atoms with Gasteiger partial charge in [-0.15, -0.1) is 0 Å². The highest BCUT2D eigenvalue weighted by atomic mass is 16.2. The maximum absolute atomic E-state index is 11.6. The molecule has 0 bridgehead atoms. The van der Waals surface area contributed by atoms with E-state index in [9.17, 15) is 14.4 Å². The van der Waals surface area contributed by atoms with Gasteiger partial charge in [0, 0.05) is 0 Å². The number of carbonyl (C=O) groups is 3. The third-order valence-corrected chi connectivity index (χ3v) is 2.57. The second-order valence-corrected chi connectivity index (χ2v) is 3.98. The highest BCUT2D eigenvalue weighted by molar-refractivity contribution is 6.20. The first kappa shape index (κ1) is 12.4. The number of hydrogen-bond donors (Lipinski definition) is 2. The number of barbiturate groups is 1. The lowest BCUT2D eigenvalue weighted by atomic mass is 9.86. The van der Waals surface area contributed by atoms with E-state index in [-0.39, 0.29) is 0 Å². The number of carbonyl (C=O) groups excluding carboxylic acids is 3. The molecular formula is C11H16N2O3. The zero-order chi connectivity index (χ0) is 12.2. The molecule has 1 heterocycles. The largest absolute Gasteiger partial charge is 0.328 e. The van der Waals surface area contributed by atoms with E-state index in [1.807, 2.05) is 0 Å². The molecule has 0 atom stereocenters. The van der Waals surface area contributed by atoms with E-state index in [1.54, 1.807) is 12.2 Å². The molecule has 0 aliphatic carbocycles. The molecule has 16 heavy (non-hydrogen) atoms. The van der Waals surface area contributed by atoms with Crippen LogP contribution in [0.3, 0.4) is 0 Å². The fourth-order valence-electron chi connectivity index (χ4n) is 1.39. The van der Waals surface area contributed by atoms with Crippen LogP contribution in [0.2, 0.25) is 0 Å². The minimum absolute atomic E-state index is 0.575. The SMILES string of the molecule is CCCC/C=C/C1(C)C(=O)NC(=O)NC1=O. The van der Waals surface area contributed by atoms with E-state index >= 15 is 0 Å². The summed E-state index contributed by atoms with van der Waals surface area (Å²) in [6.45, 7) is 3.56.